The quantitative estimate of drug-likeness (QED) is 0.282. The fourth-order valence-corrected chi connectivity index (χ4v) is 4.54. The normalized spacial score (nSPS) is 14.7. The molecule has 0 radical (unpaired) electrons. The number of nitrogens with two attached hydrogens (primary N) is 1. The number of imidazole rings is 1. The number of nitrogens with zero attached hydrogens (tertiary/aromatic N) is 4. The number of carboxylic acid groups (broad SMARTS) is 1. The van der Waals surface area contributed by atoms with Crippen LogP contribution < -0.4 is 11.1 Å². The predicted molar refractivity (Wildman–Crippen MR) is 142 cm³/mol. The van der Waals surface area contributed by atoms with Crippen LogP contribution in [0.2, 0.25) is 0 Å². The first-order valence-electron chi connectivity index (χ1n) is 11.5. The molecule has 1 aliphatic rings. The fraction of sp³-hybridized carbons (Fsp3) is 0.360. The number of rotatable bonds is 7. The first kappa shape index (κ1) is 26.8. The Morgan fingerprint density at radius 1 is 1.19 bits per heavy atom. The highest BCUT2D eigenvalue weighted by atomic mass is 35.5. The molecule has 10 nitrogen and oxygen atoms in total. The monoisotopic (exact) mass is 513 g/mol. The van der Waals surface area contributed by atoms with Crippen molar-refractivity contribution < 1.29 is 14.7 Å². The van der Waals surface area contributed by atoms with Crippen LogP contribution in [0.25, 0.3) is 11.0 Å². The van der Waals surface area contributed by atoms with E-state index in [9.17, 15) is 14.7 Å². The van der Waals surface area contributed by atoms with Crippen molar-refractivity contribution in [2.75, 3.05) is 25.5 Å². The molecule has 1 aliphatic heterocycles. The lowest BCUT2D eigenvalue weighted by Crippen LogP contribution is -2.55. The summed E-state index contributed by atoms with van der Waals surface area (Å²) >= 11 is 0. The molecule has 36 heavy (non-hydrogen) atoms. The van der Waals surface area contributed by atoms with E-state index in [-0.39, 0.29) is 24.1 Å². The number of fused-ring (bicyclic) bond motifs is 1. The van der Waals surface area contributed by atoms with E-state index in [1.54, 1.807) is 24.0 Å². The number of amidine groups is 1. The van der Waals surface area contributed by atoms with Crippen LogP contribution >= 0.6 is 12.4 Å². The summed E-state index contributed by atoms with van der Waals surface area (Å²) in [5.41, 5.74) is 7.83. The summed E-state index contributed by atoms with van der Waals surface area (Å²) in [6, 6.07) is 12.8. The lowest BCUT2D eigenvalue weighted by molar-refractivity contribution is -0.141. The molecule has 0 aliphatic carbocycles. The maximum absolute atomic E-state index is 13.5. The van der Waals surface area contributed by atoms with Gasteiger partial charge in [0.25, 0.3) is 5.91 Å². The zero-order valence-electron chi connectivity index (χ0n) is 20.6. The molecule has 2 aromatic carbocycles. The van der Waals surface area contributed by atoms with Gasteiger partial charge in [-0.2, -0.15) is 0 Å². The van der Waals surface area contributed by atoms with Gasteiger partial charge in [-0.1, -0.05) is 6.07 Å². The number of hydrogen-bond donors (Lipinski definition) is 4. The number of aryl methyl sites for hydroxylation is 1. The van der Waals surface area contributed by atoms with Gasteiger partial charge >= 0.3 is 6.09 Å². The van der Waals surface area contributed by atoms with E-state index in [1.807, 2.05) is 41.9 Å². The number of halogens is 1. The summed E-state index contributed by atoms with van der Waals surface area (Å²) in [5, 5.41) is 20.6. The number of carbonyl (C=O) groups is 2. The number of nitrogen functional groups attached to an aromatic ring is 1. The molecular weight excluding hydrogens is 482 g/mol. The summed E-state index contributed by atoms with van der Waals surface area (Å²) in [6.45, 7) is 3.39. The van der Waals surface area contributed by atoms with Gasteiger partial charge in [0.2, 0.25) is 0 Å². The minimum atomic E-state index is -1.36. The van der Waals surface area contributed by atoms with Gasteiger partial charge in [0.1, 0.15) is 17.2 Å². The number of amides is 2. The van der Waals surface area contributed by atoms with E-state index in [1.165, 1.54) is 7.05 Å². The van der Waals surface area contributed by atoms with Crippen LogP contribution in [0.4, 0.5) is 10.5 Å². The lowest BCUT2D eigenvalue weighted by atomic mass is 9.88. The van der Waals surface area contributed by atoms with Crippen molar-refractivity contribution in [2.24, 2.45) is 12.8 Å². The topological polar surface area (TPSA) is 141 Å². The summed E-state index contributed by atoms with van der Waals surface area (Å²) < 4.78 is 1.97. The van der Waals surface area contributed by atoms with Crippen LogP contribution in [-0.2, 0) is 23.9 Å². The third kappa shape index (κ3) is 4.81. The van der Waals surface area contributed by atoms with Crippen LogP contribution in [0, 0.1) is 5.41 Å². The SMILES string of the molecule is CN(C(=O)O)[C@@](C)(C(=O)N1CCCC1)c1ccc2c(c1)nc(CNc1ccc(C(=N)N)cc1)n2C.Cl. The zero-order chi connectivity index (χ0) is 25.3. The molecule has 1 atom stereocenters. The van der Waals surface area contributed by atoms with Crippen LogP contribution in [0.15, 0.2) is 42.5 Å². The molecule has 5 N–H and O–H groups in total. The molecule has 2 amide bonds. The first-order chi connectivity index (χ1) is 16.6. The van der Waals surface area contributed by atoms with E-state index in [0.29, 0.717) is 36.3 Å². The Labute approximate surface area is 216 Å². The Kier molecular flexibility index (Phi) is 7.78. The van der Waals surface area contributed by atoms with Crippen molar-refractivity contribution in [3.63, 3.8) is 0 Å². The van der Waals surface area contributed by atoms with Crippen LogP contribution in [0.5, 0.6) is 0 Å². The van der Waals surface area contributed by atoms with Gasteiger partial charge in [0, 0.05) is 38.4 Å². The van der Waals surface area contributed by atoms with Gasteiger partial charge in [-0.05, 0) is 61.7 Å². The number of likely N-dealkylation sites (N-methyl/N-ethyl adjacent to an activating group) is 1. The maximum Gasteiger partial charge on any atom is 0.408 e. The number of hydrogen-bond acceptors (Lipinski definition) is 5. The molecule has 2 heterocycles. The molecular formula is C25H32ClN7O3. The van der Waals surface area contributed by atoms with E-state index in [4.69, 9.17) is 16.1 Å². The summed E-state index contributed by atoms with van der Waals surface area (Å²) in [5.74, 6) is 0.587. The molecule has 0 bridgehead atoms. The van der Waals surface area contributed by atoms with E-state index in [0.717, 1.165) is 34.8 Å². The first-order valence-corrected chi connectivity index (χ1v) is 11.5. The fourth-order valence-electron chi connectivity index (χ4n) is 4.54. The van der Waals surface area contributed by atoms with E-state index < -0.39 is 11.6 Å². The van der Waals surface area contributed by atoms with Crippen LogP contribution in [0.3, 0.4) is 0 Å². The number of carbonyl (C=O) groups excluding carboxylic acids is 1. The highest BCUT2D eigenvalue weighted by molar-refractivity contribution is 5.95. The third-order valence-corrected chi connectivity index (χ3v) is 6.95. The van der Waals surface area contributed by atoms with Gasteiger partial charge in [0.05, 0.1) is 17.6 Å². The number of likely N-dealkylation sites (tertiary alicyclic amines) is 1. The Balaban J connectivity index is 0.00000361. The van der Waals surface area contributed by atoms with Gasteiger partial charge in [0.15, 0.2) is 0 Å². The molecule has 0 unspecified atom stereocenters. The van der Waals surface area contributed by atoms with Crippen LogP contribution in [-0.4, -0.2) is 62.4 Å². The average Bonchev–Trinajstić information content (AvgIpc) is 3.49. The van der Waals surface area contributed by atoms with Gasteiger partial charge in [-0.15, -0.1) is 12.4 Å². The standard InChI is InChI=1S/C25H31N7O3.ClH/c1-25(31(3)24(34)35,23(33)32-12-4-5-13-32)17-8-11-20-19(14-17)29-21(30(20)2)15-28-18-9-6-16(7-10-18)22(26)27;/h6-11,14,28H,4-5,12-13,15H2,1-3H3,(H3,26,27)(H,34,35);1H/t25-;/m1./s1. The minimum Gasteiger partial charge on any atom is -0.465 e. The molecule has 0 saturated carbocycles. The third-order valence-electron chi connectivity index (χ3n) is 6.95. The second-order valence-corrected chi connectivity index (χ2v) is 9.05. The van der Waals surface area contributed by atoms with E-state index in [2.05, 4.69) is 5.32 Å². The van der Waals surface area contributed by atoms with Crippen molar-refractivity contribution >= 4 is 47.0 Å². The average molecular weight is 514 g/mol. The lowest BCUT2D eigenvalue weighted by Gasteiger charge is -2.38. The van der Waals surface area contributed by atoms with Gasteiger partial charge in [-0.25, -0.2) is 9.78 Å². The number of anilines is 1. The van der Waals surface area contributed by atoms with Crippen molar-refractivity contribution in [2.45, 2.75) is 31.8 Å². The Bertz CT molecular complexity index is 1280. The van der Waals surface area contributed by atoms with Gasteiger partial charge < -0.3 is 25.6 Å². The van der Waals surface area contributed by atoms with Gasteiger partial charge in [-0.3, -0.25) is 15.1 Å². The minimum absolute atomic E-state index is 0. The number of benzene rings is 2. The smallest absolute Gasteiger partial charge is 0.408 e. The second-order valence-electron chi connectivity index (χ2n) is 9.05. The predicted octanol–water partition coefficient (Wildman–Crippen LogP) is 3.34. The van der Waals surface area contributed by atoms with Crippen molar-refractivity contribution in [3.8, 4) is 0 Å². The largest absolute Gasteiger partial charge is 0.465 e. The van der Waals surface area contributed by atoms with Crippen LogP contribution in [0.1, 0.15) is 36.7 Å². The Morgan fingerprint density at radius 2 is 1.83 bits per heavy atom. The van der Waals surface area contributed by atoms with E-state index >= 15 is 0 Å². The highest BCUT2D eigenvalue weighted by Crippen LogP contribution is 2.33. The van der Waals surface area contributed by atoms with Crippen molar-refractivity contribution in [1.29, 1.82) is 5.41 Å². The highest BCUT2D eigenvalue weighted by Gasteiger charge is 2.45. The molecule has 192 valence electrons. The molecule has 1 aromatic heterocycles. The van der Waals surface area contributed by atoms with Crippen molar-refractivity contribution in [1.82, 2.24) is 19.4 Å². The summed E-state index contributed by atoms with van der Waals surface area (Å²) in [4.78, 5) is 33.1. The molecule has 4 rings (SSSR count). The number of nitrogens with one attached hydrogen (secondary N) is 2. The Morgan fingerprint density at radius 3 is 2.42 bits per heavy atom. The summed E-state index contributed by atoms with van der Waals surface area (Å²) in [7, 11) is 3.36. The van der Waals surface area contributed by atoms with Crippen molar-refractivity contribution in [3.05, 3.63) is 59.4 Å². The Hall–Kier alpha value is -3.79. The molecule has 3 aromatic rings. The molecule has 1 saturated heterocycles. The molecule has 11 heteroatoms. The second kappa shape index (κ2) is 10.4. The number of aromatic nitrogens is 2. The summed E-state index contributed by atoms with van der Waals surface area (Å²) in [6.07, 6.45) is 0.680. The molecule has 0 spiro atoms. The maximum atomic E-state index is 13.5. The molecule has 1 fully saturated rings. The zero-order valence-corrected chi connectivity index (χ0v) is 21.4.